The second kappa shape index (κ2) is 3.65. The molecule has 0 aromatic carbocycles. The van der Waals surface area contributed by atoms with Crippen LogP contribution in [0.4, 0.5) is 0 Å². The SMILES string of the molecule is CCCC(C)(C=O)CC. The van der Waals surface area contributed by atoms with Crippen LogP contribution in [0.25, 0.3) is 0 Å². The van der Waals surface area contributed by atoms with E-state index >= 15 is 0 Å². The van der Waals surface area contributed by atoms with Gasteiger partial charge in [0.25, 0.3) is 0 Å². The van der Waals surface area contributed by atoms with Crippen LogP contribution in [-0.2, 0) is 4.79 Å². The summed E-state index contributed by atoms with van der Waals surface area (Å²) in [6.45, 7) is 6.19. The average molecular weight is 128 g/mol. The van der Waals surface area contributed by atoms with E-state index in [1.54, 1.807) is 0 Å². The highest BCUT2D eigenvalue weighted by molar-refractivity contribution is 5.58. The van der Waals surface area contributed by atoms with Crippen molar-refractivity contribution in [2.24, 2.45) is 5.41 Å². The molecule has 0 fully saturated rings. The van der Waals surface area contributed by atoms with E-state index in [0.717, 1.165) is 25.5 Å². The van der Waals surface area contributed by atoms with Crippen LogP contribution in [-0.4, -0.2) is 6.29 Å². The molecule has 1 nitrogen and oxygen atoms in total. The largest absolute Gasteiger partial charge is 0.303 e. The summed E-state index contributed by atoms with van der Waals surface area (Å²) in [4.78, 5) is 10.4. The van der Waals surface area contributed by atoms with Crippen molar-refractivity contribution in [1.29, 1.82) is 0 Å². The molecule has 0 N–H and O–H groups in total. The highest BCUT2D eigenvalue weighted by Crippen LogP contribution is 2.23. The van der Waals surface area contributed by atoms with E-state index in [1.165, 1.54) is 0 Å². The molecule has 1 atom stereocenters. The van der Waals surface area contributed by atoms with Gasteiger partial charge in [-0.05, 0) is 12.8 Å². The Kier molecular flexibility index (Phi) is 3.52. The third-order valence-corrected chi connectivity index (χ3v) is 1.91. The van der Waals surface area contributed by atoms with Gasteiger partial charge < -0.3 is 4.79 Å². The summed E-state index contributed by atoms with van der Waals surface area (Å²) in [6, 6.07) is 0. The molecule has 0 aliphatic rings. The first-order chi connectivity index (χ1) is 4.18. The highest BCUT2D eigenvalue weighted by atomic mass is 16.1. The lowest BCUT2D eigenvalue weighted by Gasteiger charge is -2.18. The van der Waals surface area contributed by atoms with E-state index < -0.39 is 0 Å². The molecule has 0 saturated heterocycles. The molecule has 0 aromatic rings. The van der Waals surface area contributed by atoms with Gasteiger partial charge in [-0.2, -0.15) is 0 Å². The van der Waals surface area contributed by atoms with Crippen LogP contribution in [0.1, 0.15) is 40.0 Å². The summed E-state index contributed by atoms with van der Waals surface area (Å²) in [7, 11) is 0. The van der Waals surface area contributed by atoms with Crippen LogP contribution < -0.4 is 0 Å². The topological polar surface area (TPSA) is 17.1 Å². The summed E-state index contributed by atoms with van der Waals surface area (Å²) < 4.78 is 0. The van der Waals surface area contributed by atoms with E-state index in [9.17, 15) is 4.79 Å². The Labute approximate surface area is 57.5 Å². The first-order valence-electron chi connectivity index (χ1n) is 3.65. The zero-order chi connectivity index (χ0) is 7.33. The Balaban J connectivity index is 3.76. The van der Waals surface area contributed by atoms with Crippen LogP contribution in [0.3, 0.4) is 0 Å². The van der Waals surface area contributed by atoms with Gasteiger partial charge in [-0.3, -0.25) is 0 Å². The second-order valence-corrected chi connectivity index (χ2v) is 2.88. The summed E-state index contributed by atoms with van der Waals surface area (Å²) in [5, 5.41) is 0. The molecule has 9 heavy (non-hydrogen) atoms. The first kappa shape index (κ1) is 8.67. The number of aldehydes is 1. The smallest absolute Gasteiger partial charge is 0.125 e. The molecule has 0 bridgehead atoms. The van der Waals surface area contributed by atoms with Gasteiger partial charge in [0.05, 0.1) is 0 Å². The fraction of sp³-hybridized carbons (Fsp3) is 0.875. The molecule has 0 radical (unpaired) electrons. The second-order valence-electron chi connectivity index (χ2n) is 2.88. The predicted octanol–water partition coefficient (Wildman–Crippen LogP) is 2.40. The van der Waals surface area contributed by atoms with Crippen LogP contribution in [0.2, 0.25) is 0 Å². The summed E-state index contributed by atoms with van der Waals surface area (Å²) in [5.74, 6) is 0. The Morgan fingerprint density at radius 3 is 2.11 bits per heavy atom. The van der Waals surface area contributed by atoms with Crippen molar-refractivity contribution in [3.8, 4) is 0 Å². The fourth-order valence-electron chi connectivity index (χ4n) is 0.890. The minimum absolute atomic E-state index is 0.0469. The molecular weight excluding hydrogens is 112 g/mol. The first-order valence-corrected chi connectivity index (χ1v) is 3.65. The summed E-state index contributed by atoms with van der Waals surface area (Å²) in [5.41, 5.74) is -0.0469. The van der Waals surface area contributed by atoms with Crippen molar-refractivity contribution in [2.75, 3.05) is 0 Å². The molecule has 0 heterocycles. The van der Waals surface area contributed by atoms with Crippen molar-refractivity contribution in [3.05, 3.63) is 0 Å². The highest BCUT2D eigenvalue weighted by Gasteiger charge is 2.18. The van der Waals surface area contributed by atoms with Gasteiger partial charge in [-0.25, -0.2) is 0 Å². The van der Waals surface area contributed by atoms with E-state index in [2.05, 4.69) is 13.8 Å². The lowest BCUT2D eigenvalue weighted by atomic mass is 9.85. The van der Waals surface area contributed by atoms with E-state index in [4.69, 9.17) is 0 Å². The number of rotatable bonds is 4. The van der Waals surface area contributed by atoms with Gasteiger partial charge in [-0.1, -0.05) is 27.2 Å². The molecule has 0 rings (SSSR count). The van der Waals surface area contributed by atoms with E-state index in [0.29, 0.717) is 0 Å². The van der Waals surface area contributed by atoms with Gasteiger partial charge in [0.2, 0.25) is 0 Å². The molecule has 54 valence electrons. The third-order valence-electron chi connectivity index (χ3n) is 1.91. The van der Waals surface area contributed by atoms with Gasteiger partial charge in [0, 0.05) is 5.41 Å². The molecule has 0 aliphatic heterocycles. The van der Waals surface area contributed by atoms with Gasteiger partial charge in [0.1, 0.15) is 6.29 Å². The number of carbonyl (C=O) groups excluding carboxylic acids is 1. The maximum Gasteiger partial charge on any atom is 0.125 e. The quantitative estimate of drug-likeness (QED) is 0.531. The zero-order valence-electron chi connectivity index (χ0n) is 6.61. The van der Waals surface area contributed by atoms with Crippen molar-refractivity contribution in [2.45, 2.75) is 40.0 Å². The monoisotopic (exact) mass is 128 g/mol. The molecule has 0 saturated carbocycles. The summed E-state index contributed by atoms with van der Waals surface area (Å²) in [6.07, 6.45) is 4.16. The molecule has 1 heteroatoms. The number of carbonyl (C=O) groups is 1. The predicted molar refractivity (Wildman–Crippen MR) is 39.4 cm³/mol. The third kappa shape index (κ3) is 2.64. The minimum atomic E-state index is -0.0469. The molecular formula is C8H16O. The van der Waals surface area contributed by atoms with E-state index in [-0.39, 0.29) is 5.41 Å². The standard InChI is InChI=1S/C8H16O/c1-4-6-8(3,5-2)7-9/h7H,4-6H2,1-3H3. The zero-order valence-corrected chi connectivity index (χ0v) is 6.61. The molecule has 0 spiro atoms. The number of hydrogen-bond acceptors (Lipinski definition) is 1. The Morgan fingerprint density at radius 1 is 1.44 bits per heavy atom. The molecule has 0 aliphatic carbocycles. The lowest BCUT2D eigenvalue weighted by Crippen LogP contribution is -2.15. The van der Waals surface area contributed by atoms with Crippen molar-refractivity contribution >= 4 is 6.29 Å². The van der Waals surface area contributed by atoms with Crippen LogP contribution in [0, 0.1) is 5.41 Å². The number of hydrogen-bond donors (Lipinski definition) is 0. The van der Waals surface area contributed by atoms with Gasteiger partial charge in [0.15, 0.2) is 0 Å². The van der Waals surface area contributed by atoms with Gasteiger partial charge >= 0.3 is 0 Å². The minimum Gasteiger partial charge on any atom is -0.303 e. The van der Waals surface area contributed by atoms with Crippen LogP contribution in [0.15, 0.2) is 0 Å². The molecule has 1 unspecified atom stereocenters. The van der Waals surface area contributed by atoms with Crippen molar-refractivity contribution in [3.63, 3.8) is 0 Å². The van der Waals surface area contributed by atoms with Crippen LogP contribution >= 0.6 is 0 Å². The normalized spacial score (nSPS) is 16.8. The van der Waals surface area contributed by atoms with Crippen molar-refractivity contribution < 1.29 is 4.79 Å². The lowest BCUT2D eigenvalue weighted by molar-refractivity contribution is -0.115. The molecule has 0 aromatic heterocycles. The Morgan fingerprint density at radius 2 is 2.00 bits per heavy atom. The summed E-state index contributed by atoms with van der Waals surface area (Å²) >= 11 is 0. The Bertz CT molecular complexity index is 88.6. The van der Waals surface area contributed by atoms with E-state index in [1.807, 2.05) is 6.92 Å². The average Bonchev–Trinajstić information content (AvgIpc) is 1.89. The van der Waals surface area contributed by atoms with Crippen LogP contribution in [0.5, 0.6) is 0 Å². The fourth-order valence-corrected chi connectivity index (χ4v) is 0.890. The maximum absolute atomic E-state index is 10.4. The van der Waals surface area contributed by atoms with Crippen molar-refractivity contribution in [1.82, 2.24) is 0 Å². The van der Waals surface area contributed by atoms with Gasteiger partial charge in [-0.15, -0.1) is 0 Å². The molecule has 0 amide bonds. The maximum atomic E-state index is 10.4. The Hall–Kier alpha value is -0.330.